The Morgan fingerprint density at radius 3 is 1.53 bits per heavy atom. The van der Waals surface area contributed by atoms with Crippen molar-refractivity contribution >= 4 is 5.91 Å². The first-order valence-electron chi connectivity index (χ1n) is 24.9. The van der Waals surface area contributed by atoms with Crippen LogP contribution in [-0.2, 0) is 23.7 Å². The maximum Gasteiger partial charge on any atom is 0.220 e. The van der Waals surface area contributed by atoms with E-state index in [1.165, 1.54) is 109 Å². The maximum atomic E-state index is 13.2. The van der Waals surface area contributed by atoms with Gasteiger partial charge in [0.1, 0.15) is 48.8 Å². The van der Waals surface area contributed by atoms with E-state index in [2.05, 4.69) is 31.3 Å². The fourth-order valence-corrected chi connectivity index (χ4v) is 8.35. The number of aliphatic hydroxyl groups excluding tert-OH is 8. The van der Waals surface area contributed by atoms with E-state index in [-0.39, 0.29) is 12.5 Å². The summed E-state index contributed by atoms with van der Waals surface area (Å²) in [6.45, 7) is 2.82. The molecule has 9 N–H and O–H groups in total. The lowest BCUT2D eigenvalue weighted by Crippen LogP contribution is -2.65. The Morgan fingerprint density at radius 2 is 1.02 bits per heavy atom. The van der Waals surface area contributed by atoms with Gasteiger partial charge in [0.05, 0.1) is 32.0 Å². The van der Waals surface area contributed by atoms with Crippen LogP contribution in [0.15, 0.2) is 12.2 Å². The number of nitrogens with one attached hydrogen (secondary N) is 1. The Bertz CT molecular complexity index is 1100. The predicted molar refractivity (Wildman–Crippen MR) is 240 cm³/mol. The number of ether oxygens (including phenoxy) is 4. The molecule has 2 fully saturated rings. The van der Waals surface area contributed by atoms with Crippen molar-refractivity contribution in [3.05, 3.63) is 12.2 Å². The molecule has 0 spiro atoms. The van der Waals surface area contributed by atoms with Gasteiger partial charge in [-0.3, -0.25) is 4.79 Å². The zero-order valence-corrected chi connectivity index (χ0v) is 38.6. The van der Waals surface area contributed by atoms with Crippen molar-refractivity contribution in [3.8, 4) is 0 Å². The first kappa shape index (κ1) is 56.9. The first-order valence-corrected chi connectivity index (χ1v) is 24.9. The van der Waals surface area contributed by atoms with E-state index in [0.717, 1.165) is 57.8 Å². The number of hydrogen-bond donors (Lipinski definition) is 9. The largest absolute Gasteiger partial charge is 0.394 e. The Labute approximate surface area is 374 Å². The number of carbonyl (C=O) groups excluding carboxylic acids is 1. The average Bonchev–Trinajstić information content (AvgIpc) is 3.27. The minimum absolute atomic E-state index is 0.212. The summed E-state index contributed by atoms with van der Waals surface area (Å²) < 4.78 is 22.7. The van der Waals surface area contributed by atoms with Crippen molar-refractivity contribution < 1.29 is 64.6 Å². The van der Waals surface area contributed by atoms with Gasteiger partial charge in [-0.25, -0.2) is 0 Å². The van der Waals surface area contributed by atoms with E-state index in [4.69, 9.17) is 18.9 Å². The quantitative estimate of drug-likeness (QED) is 0.0257. The van der Waals surface area contributed by atoms with Crippen LogP contribution in [0.4, 0.5) is 0 Å². The van der Waals surface area contributed by atoms with E-state index in [1.54, 1.807) is 0 Å². The minimum atomic E-state index is -1.78. The molecule has 0 aromatic heterocycles. The van der Waals surface area contributed by atoms with Crippen LogP contribution in [0.5, 0.6) is 0 Å². The van der Waals surface area contributed by atoms with Gasteiger partial charge in [-0.15, -0.1) is 0 Å². The van der Waals surface area contributed by atoms with Gasteiger partial charge < -0.3 is 65.1 Å². The molecule has 2 heterocycles. The Morgan fingerprint density at radius 1 is 0.565 bits per heavy atom. The molecular weight excluding hydrogens is 799 g/mol. The number of unbranched alkanes of at least 4 members (excludes halogenated alkanes) is 23. The summed E-state index contributed by atoms with van der Waals surface area (Å²) in [7, 11) is 0. The van der Waals surface area contributed by atoms with E-state index in [1.807, 2.05) is 0 Å². The molecule has 366 valence electrons. The number of hydrogen-bond acceptors (Lipinski definition) is 13. The van der Waals surface area contributed by atoms with Gasteiger partial charge in [-0.05, 0) is 38.5 Å². The first-order chi connectivity index (χ1) is 30.1. The monoisotopic (exact) mass is 890 g/mol. The molecular formula is C48H91NO13. The van der Waals surface area contributed by atoms with Gasteiger partial charge in [0, 0.05) is 6.42 Å². The van der Waals surface area contributed by atoms with Gasteiger partial charge >= 0.3 is 0 Å². The van der Waals surface area contributed by atoms with Crippen molar-refractivity contribution in [2.24, 2.45) is 0 Å². The van der Waals surface area contributed by atoms with Crippen LogP contribution in [0.3, 0.4) is 0 Å². The second kappa shape index (κ2) is 35.9. The molecule has 62 heavy (non-hydrogen) atoms. The van der Waals surface area contributed by atoms with Crippen LogP contribution in [0.25, 0.3) is 0 Å². The zero-order chi connectivity index (χ0) is 45.4. The number of aliphatic hydroxyl groups is 8. The number of amides is 1. The highest BCUT2D eigenvalue weighted by atomic mass is 16.7. The van der Waals surface area contributed by atoms with Gasteiger partial charge in [-0.1, -0.05) is 161 Å². The molecule has 2 aliphatic heterocycles. The molecule has 1 amide bonds. The van der Waals surface area contributed by atoms with Gasteiger partial charge in [0.2, 0.25) is 5.91 Å². The van der Waals surface area contributed by atoms with Gasteiger partial charge in [-0.2, -0.15) is 0 Å². The topological polar surface area (TPSA) is 228 Å². The number of allylic oxidation sites excluding steroid dienone is 2. The Balaban J connectivity index is 1.83. The summed E-state index contributed by atoms with van der Waals surface area (Å²) in [6, 6.07) is -0.825. The predicted octanol–water partition coefficient (Wildman–Crippen LogP) is 5.99. The zero-order valence-electron chi connectivity index (χ0n) is 38.6. The van der Waals surface area contributed by atoms with Gasteiger partial charge in [0.15, 0.2) is 12.6 Å². The van der Waals surface area contributed by atoms with Gasteiger partial charge in [0.25, 0.3) is 0 Å². The molecule has 0 bridgehead atoms. The van der Waals surface area contributed by atoms with E-state index in [9.17, 15) is 45.6 Å². The van der Waals surface area contributed by atoms with Crippen molar-refractivity contribution in [3.63, 3.8) is 0 Å². The average molecular weight is 890 g/mol. The number of rotatable bonds is 38. The third-order valence-corrected chi connectivity index (χ3v) is 12.5. The molecule has 0 aliphatic carbocycles. The lowest BCUT2D eigenvalue weighted by Gasteiger charge is -2.46. The van der Waals surface area contributed by atoms with Crippen LogP contribution < -0.4 is 5.32 Å². The lowest BCUT2D eigenvalue weighted by molar-refractivity contribution is -0.359. The summed E-state index contributed by atoms with van der Waals surface area (Å²) >= 11 is 0. The molecule has 2 aliphatic rings. The summed E-state index contributed by atoms with van der Waals surface area (Å²) in [5.74, 6) is -0.212. The lowest BCUT2D eigenvalue weighted by atomic mass is 9.97. The number of carbonyl (C=O) groups is 1. The Kier molecular flexibility index (Phi) is 32.9. The fourth-order valence-electron chi connectivity index (χ4n) is 8.35. The highest BCUT2D eigenvalue weighted by Crippen LogP contribution is 2.30. The van der Waals surface area contributed by atoms with Crippen molar-refractivity contribution in [2.45, 2.75) is 267 Å². The van der Waals surface area contributed by atoms with Crippen molar-refractivity contribution in [1.29, 1.82) is 0 Å². The minimum Gasteiger partial charge on any atom is -0.394 e. The standard InChI is InChI=1S/C48H91NO13/c1-3-5-7-9-11-13-15-16-17-18-19-20-22-24-26-28-30-32-40(53)49-36(37(52)31-29-27-25-23-21-14-12-10-8-6-4-2)35-59-47-45(58)43(56)46(39(34-51)61-47)62-48-44(57)42(55)41(54)38(33-50)60-48/h16-17,36-39,41-48,50-52,54-58H,3-15,18-35H2,1-2H3,(H,49,53)/b17-16-. The van der Waals surface area contributed by atoms with Crippen molar-refractivity contribution in [2.75, 3.05) is 19.8 Å². The van der Waals surface area contributed by atoms with E-state index in [0.29, 0.717) is 12.8 Å². The van der Waals surface area contributed by atoms with Crippen LogP contribution >= 0.6 is 0 Å². The highest BCUT2D eigenvalue weighted by Gasteiger charge is 2.51. The van der Waals surface area contributed by atoms with Crippen LogP contribution in [0.1, 0.15) is 194 Å². The van der Waals surface area contributed by atoms with E-state index < -0.39 is 86.8 Å². The van der Waals surface area contributed by atoms with Crippen LogP contribution in [0.2, 0.25) is 0 Å². The summed E-state index contributed by atoms with van der Waals surface area (Å²) in [5, 5.41) is 86.7. The molecule has 0 radical (unpaired) electrons. The second-order valence-corrected chi connectivity index (χ2v) is 17.9. The molecule has 0 aromatic carbocycles. The molecule has 14 heteroatoms. The highest BCUT2D eigenvalue weighted by molar-refractivity contribution is 5.76. The molecule has 0 aromatic rings. The molecule has 14 nitrogen and oxygen atoms in total. The molecule has 2 rings (SSSR count). The maximum absolute atomic E-state index is 13.2. The van der Waals surface area contributed by atoms with Crippen molar-refractivity contribution in [1.82, 2.24) is 5.32 Å². The third-order valence-electron chi connectivity index (χ3n) is 12.5. The summed E-state index contributed by atoms with van der Waals surface area (Å²) in [4.78, 5) is 13.2. The van der Waals surface area contributed by atoms with Crippen LogP contribution in [-0.4, -0.2) is 140 Å². The third kappa shape index (κ3) is 23.3. The summed E-state index contributed by atoms with van der Waals surface area (Å²) in [6.07, 6.45) is 19.3. The van der Waals surface area contributed by atoms with E-state index >= 15 is 0 Å². The fraction of sp³-hybridized carbons (Fsp3) is 0.938. The molecule has 2 saturated heterocycles. The summed E-state index contributed by atoms with van der Waals surface area (Å²) in [5.41, 5.74) is 0. The Hall–Kier alpha value is -1.27. The normalized spacial score (nSPS) is 27.8. The smallest absolute Gasteiger partial charge is 0.220 e. The van der Waals surface area contributed by atoms with Crippen LogP contribution in [0, 0.1) is 0 Å². The second-order valence-electron chi connectivity index (χ2n) is 17.9. The molecule has 0 saturated carbocycles. The molecule has 12 atom stereocenters. The SMILES string of the molecule is CCCCCCCC/C=C\CCCCCCCCCC(=O)NC(COC1OC(CO)C(OC2OC(CO)C(O)C(O)C2O)C(O)C1O)C(O)CCCCCCCCCCCCC. The molecule has 12 unspecified atom stereocenters.